The number of H-pyrrole nitrogens is 1. The van der Waals surface area contributed by atoms with Crippen molar-refractivity contribution in [1.82, 2.24) is 4.98 Å². The van der Waals surface area contributed by atoms with E-state index in [1.54, 1.807) is 12.1 Å². The van der Waals surface area contributed by atoms with Gasteiger partial charge < -0.3 is 4.98 Å². The summed E-state index contributed by atoms with van der Waals surface area (Å²) in [6.07, 6.45) is 0. The molecule has 0 aliphatic heterocycles. The van der Waals surface area contributed by atoms with Crippen LogP contribution in [0.5, 0.6) is 0 Å². The number of benzene rings is 2. The van der Waals surface area contributed by atoms with E-state index in [9.17, 15) is 9.59 Å². The van der Waals surface area contributed by atoms with E-state index in [1.807, 2.05) is 36.4 Å². The molecule has 1 N–H and O–H groups in total. The van der Waals surface area contributed by atoms with Crippen LogP contribution in [0.1, 0.15) is 16.1 Å². The molecule has 90 valence electrons. The highest BCUT2D eigenvalue weighted by molar-refractivity contribution is 6.24. The van der Waals surface area contributed by atoms with Crippen LogP contribution < -0.4 is 5.56 Å². The first kappa shape index (κ1) is 10.3. The summed E-state index contributed by atoms with van der Waals surface area (Å²) in [5, 5.41) is 1.45. The van der Waals surface area contributed by atoms with Crippen molar-refractivity contribution in [2.75, 3.05) is 0 Å². The standard InChI is InChI=1S/C16H9NO2/c18-15-11-7-3-1-5-9(11)13-10-6-2-4-8-12(10)16(19)17-14(13)15/h1-8H,(H,17,19). The van der Waals surface area contributed by atoms with Gasteiger partial charge in [-0.1, -0.05) is 42.5 Å². The van der Waals surface area contributed by atoms with Crippen molar-refractivity contribution in [3.63, 3.8) is 0 Å². The SMILES string of the molecule is O=C1c2ccccc2-c2c1[nH]c(=O)c1ccccc21. The molecular weight excluding hydrogens is 238 g/mol. The maximum Gasteiger partial charge on any atom is 0.256 e. The number of hydrogen-bond donors (Lipinski definition) is 1. The van der Waals surface area contributed by atoms with E-state index < -0.39 is 0 Å². The highest BCUT2D eigenvalue weighted by Gasteiger charge is 2.29. The molecule has 0 saturated carbocycles. The van der Waals surface area contributed by atoms with Gasteiger partial charge in [0.05, 0.1) is 5.69 Å². The van der Waals surface area contributed by atoms with Crippen LogP contribution >= 0.6 is 0 Å². The van der Waals surface area contributed by atoms with Crippen LogP contribution in [-0.4, -0.2) is 10.8 Å². The lowest BCUT2D eigenvalue weighted by atomic mass is 10.0. The molecule has 0 atom stereocenters. The summed E-state index contributed by atoms with van der Waals surface area (Å²) < 4.78 is 0. The quantitative estimate of drug-likeness (QED) is 0.519. The number of ketones is 1. The summed E-state index contributed by atoms with van der Waals surface area (Å²) in [4.78, 5) is 27.1. The Morgan fingerprint density at radius 2 is 1.37 bits per heavy atom. The minimum Gasteiger partial charge on any atom is -0.318 e. The van der Waals surface area contributed by atoms with Crippen LogP contribution in [0.3, 0.4) is 0 Å². The van der Waals surface area contributed by atoms with Crippen LogP contribution in [0.4, 0.5) is 0 Å². The van der Waals surface area contributed by atoms with Crippen molar-refractivity contribution in [3.8, 4) is 11.1 Å². The summed E-state index contributed by atoms with van der Waals surface area (Å²) in [6.45, 7) is 0. The number of aromatic nitrogens is 1. The van der Waals surface area contributed by atoms with Crippen molar-refractivity contribution < 1.29 is 4.79 Å². The fraction of sp³-hybridized carbons (Fsp3) is 0. The van der Waals surface area contributed by atoms with Gasteiger partial charge in [-0.05, 0) is 17.0 Å². The van der Waals surface area contributed by atoms with Crippen molar-refractivity contribution in [3.05, 3.63) is 70.1 Å². The number of hydrogen-bond acceptors (Lipinski definition) is 2. The normalized spacial score (nSPS) is 12.5. The Labute approximate surface area is 108 Å². The van der Waals surface area contributed by atoms with Gasteiger partial charge in [-0.3, -0.25) is 9.59 Å². The van der Waals surface area contributed by atoms with E-state index in [0.717, 1.165) is 16.5 Å². The molecule has 0 amide bonds. The van der Waals surface area contributed by atoms with Crippen molar-refractivity contribution in [1.29, 1.82) is 0 Å². The third-order valence-electron chi connectivity index (χ3n) is 3.60. The first-order chi connectivity index (χ1) is 9.27. The largest absolute Gasteiger partial charge is 0.318 e. The molecule has 1 aliphatic rings. The van der Waals surface area contributed by atoms with Crippen LogP contribution in [0, 0.1) is 0 Å². The Morgan fingerprint density at radius 1 is 0.737 bits per heavy atom. The zero-order chi connectivity index (χ0) is 13.0. The topological polar surface area (TPSA) is 49.9 Å². The summed E-state index contributed by atoms with van der Waals surface area (Å²) in [7, 11) is 0. The molecule has 2 aromatic carbocycles. The van der Waals surface area contributed by atoms with E-state index in [0.29, 0.717) is 16.6 Å². The number of rotatable bonds is 0. The van der Waals surface area contributed by atoms with Crippen LogP contribution in [-0.2, 0) is 0 Å². The lowest BCUT2D eigenvalue weighted by molar-refractivity contribution is 0.103. The Kier molecular flexibility index (Phi) is 1.85. The maximum atomic E-state index is 12.3. The maximum absolute atomic E-state index is 12.3. The summed E-state index contributed by atoms with van der Waals surface area (Å²) in [5.41, 5.74) is 2.59. The fourth-order valence-corrected chi connectivity index (χ4v) is 2.76. The Hall–Kier alpha value is -2.68. The third kappa shape index (κ3) is 1.21. The van der Waals surface area contributed by atoms with Gasteiger partial charge >= 0.3 is 0 Å². The Balaban J connectivity index is 2.28. The molecule has 4 rings (SSSR count). The molecule has 0 saturated heterocycles. The molecule has 0 unspecified atom stereocenters. The second-order valence-electron chi connectivity index (χ2n) is 4.62. The molecule has 3 nitrogen and oxygen atoms in total. The third-order valence-corrected chi connectivity index (χ3v) is 3.60. The van der Waals surface area contributed by atoms with Gasteiger partial charge in [0.1, 0.15) is 0 Å². The van der Waals surface area contributed by atoms with Gasteiger partial charge in [-0.2, -0.15) is 0 Å². The average molecular weight is 247 g/mol. The van der Waals surface area contributed by atoms with Gasteiger partial charge in [0.15, 0.2) is 0 Å². The zero-order valence-corrected chi connectivity index (χ0v) is 9.94. The van der Waals surface area contributed by atoms with E-state index in [2.05, 4.69) is 4.98 Å². The molecule has 3 aromatic rings. The van der Waals surface area contributed by atoms with Crippen LogP contribution in [0.15, 0.2) is 53.3 Å². The van der Waals surface area contributed by atoms with Crippen molar-refractivity contribution in [2.24, 2.45) is 0 Å². The van der Waals surface area contributed by atoms with E-state index in [-0.39, 0.29) is 11.3 Å². The van der Waals surface area contributed by atoms with Gasteiger partial charge in [-0.15, -0.1) is 0 Å². The monoisotopic (exact) mass is 247 g/mol. The molecule has 0 bridgehead atoms. The van der Waals surface area contributed by atoms with Gasteiger partial charge in [0.2, 0.25) is 5.78 Å². The summed E-state index contributed by atoms with van der Waals surface area (Å²) >= 11 is 0. The zero-order valence-electron chi connectivity index (χ0n) is 9.94. The number of carbonyl (C=O) groups excluding carboxylic acids is 1. The van der Waals surface area contributed by atoms with E-state index >= 15 is 0 Å². The van der Waals surface area contributed by atoms with E-state index in [4.69, 9.17) is 0 Å². The molecule has 0 fully saturated rings. The minimum absolute atomic E-state index is 0.103. The number of aromatic amines is 1. The lowest BCUT2D eigenvalue weighted by Gasteiger charge is -2.04. The predicted molar refractivity (Wildman–Crippen MR) is 73.4 cm³/mol. The molecule has 0 spiro atoms. The molecule has 1 aliphatic carbocycles. The van der Waals surface area contributed by atoms with Gasteiger partial charge in [0, 0.05) is 16.5 Å². The second-order valence-corrected chi connectivity index (χ2v) is 4.62. The Bertz CT molecular complexity index is 906. The summed E-state index contributed by atoms with van der Waals surface area (Å²) in [6, 6.07) is 14.8. The van der Waals surface area contributed by atoms with Crippen LogP contribution in [0.25, 0.3) is 21.9 Å². The number of pyridine rings is 1. The first-order valence-corrected chi connectivity index (χ1v) is 6.06. The fourth-order valence-electron chi connectivity index (χ4n) is 2.76. The van der Waals surface area contributed by atoms with Crippen LogP contribution in [0.2, 0.25) is 0 Å². The molecular formula is C16H9NO2. The van der Waals surface area contributed by atoms with Gasteiger partial charge in [-0.25, -0.2) is 0 Å². The smallest absolute Gasteiger partial charge is 0.256 e. The van der Waals surface area contributed by atoms with E-state index in [1.165, 1.54) is 0 Å². The predicted octanol–water partition coefficient (Wildman–Crippen LogP) is 2.74. The molecule has 19 heavy (non-hydrogen) atoms. The number of carbonyl (C=O) groups is 1. The van der Waals surface area contributed by atoms with Crippen molar-refractivity contribution >= 4 is 16.6 Å². The molecule has 0 radical (unpaired) electrons. The molecule has 1 aromatic heterocycles. The minimum atomic E-state index is -0.212. The average Bonchev–Trinajstić information content (AvgIpc) is 2.73. The molecule has 1 heterocycles. The first-order valence-electron chi connectivity index (χ1n) is 6.06. The highest BCUT2D eigenvalue weighted by atomic mass is 16.1. The number of nitrogens with one attached hydrogen (secondary N) is 1. The lowest BCUT2D eigenvalue weighted by Crippen LogP contribution is -2.11. The molecule has 3 heteroatoms. The highest BCUT2D eigenvalue weighted by Crippen LogP contribution is 2.38. The second kappa shape index (κ2) is 3.42. The van der Waals surface area contributed by atoms with Crippen molar-refractivity contribution in [2.45, 2.75) is 0 Å². The van der Waals surface area contributed by atoms with Gasteiger partial charge in [0.25, 0.3) is 5.56 Å². The Morgan fingerprint density at radius 3 is 2.16 bits per heavy atom. The summed E-state index contributed by atoms with van der Waals surface area (Å²) in [5.74, 6) is -0.103. The number of fused-ring (bicyclic) bond motifs is 5.